The van der Waals surface area contributed by atoms with E-state index in [-0.39, 0.29) is 5.91 Å². The quantitative estimate of drug-likeness (QED) is 0.754. The zero-order valence-corrected chi connectivity index (χ0v) is 12.2. The van der Waals surface area contributed by atoms with Crippen LogP contribution in [0, 0.1) is 0 Å². The Morgan fingerprint density at radius 1 is 1.15 bits per heavy atom. The van der Waals surface area contributed by atoms with Crippen LogP contribution in [0.25, 0.3) is 10.8 Å². The SMILES string of the molecule is C=C(C)CN(CC)C(=O)Cc1cccc2ccccc12. The molecular weight excluding hydrogens is 246 g/mol. The molecule has 0 aliphatic rings. The van der Waals surface area contributed by atoms with Crippen LogP contribution in [0.2, 0.25) is 0 Å². The van der Waals surface area contributed by atoms with Gasteiger partial charge in [0.1, 0.15) is 0 Å². The van der Waals surface area contributed by atoms with Gasteiger partial charge in [-0.3, -0.25) is 4.79 Å². The molecule has 0 bridgehead atoms. The van der Waals surface area contributed by atoms with Crippen LogP contribution in [0.15, 0.2) is 54.6 Å². The third kappa shape index (κ3) is 3.27. The first kappa shape index (κ1) is 14.3. The molecule has 2 rings (SSSR count). The minimum Gasteiger partial charge on any atom is -0.339 e. The van der Waals surface area contributed by atoms with Crippen molar-refractivity contribution in [2.75, 3.05) is 13.1 Å². The van der Waals surface area contributed by atoms with Gasteiger partial charge in [-0.25, -0.2) is 0 Å². The molecule has 20 heavy (non-hydrogen) atoms. The second kappa shape index (κ2) is 6.38. The summed E-state index contributed by atoms with van der Waals surface area (Å²) in [4.78, 5) is 14.3. The van der Waals surface area contributed by atoms with Crippen molar-refractivity contribution in [3.63, 3.8) is 0 Å². The van der Waals surface area contributed by atoms with Crippen molar-refractivity contribution < 1.29 is 4.79 Å². The summed E-state index contributed by atoms with van der Waals surface area (Å²) in [7, 11) is 0. The predicted octanol–water partition coefficient (Wildman–Crippen LogP) is 3.81. The minimum atomic E-state index is 0.159. The highest BCUT2D eigenvalue weighted by Gasteiger charge is 2.13. The summed E-state index contributed by atoms with van der Waals surface area (Å²) in [5, 5.41) is 2.34. The highest BCUT2D eigenvalue weighted by atomic mass is 16.2. The maximum Gasteiger partial charge on any atom is 0.227 e. The van der Waals surface area contributed by atoms with Gasteiger partial charge in [0, 0.05) is 13.1 Å². The van der Waals surface area contributed by atoms with E-state index in [9.17, 15) is 4.79 Å². The lowest BCUT2D eigenvalue weighted by Gasteiger charge is -2.21. The average Bonchev–Trinajstić information content (AvgIpc) is 2.45. The standard InChI is InChI=1S/C18H21NO/c1-4-19(13-14(2)3)18(20)12-16-10-7-9-15-8-5-6-11-17(15)16/h5-11H,2,4,12-13H2,1,3H3. The van der Waals surface area contributed by atoms with Crippen LogP contribution in [-0.2, 0) is 11.2 Å². The number of carbonyl (C=O) groups excluding carboxylic acids is 1. The van der Waals surface area contributed by atoms with E-state index in [2.05, 4.69) is 24.8 Å². The molecule has 0 radical (unpaired) electrons. The number of hydrogen-bond donors (Lipinski definition) is 0. The van der Waals surface area contributed by atoms with Gasteiger partial charge in [0.25, 0.3) is 0 Å². The number of hydrogen-bond acceptors (Lipinski definition) is 1. The number of rotatable bonds is 5. The van der Waals surface area contributed by atoms with Gasteiger partial charge in [0.05, 0.1) is 6.42 Å². The first-order valence-corrected chi connectivity index (χ1v) is 7.00. The maximum absolute atomic E-state index is 12.4. The summed E-state index contributed by atoms with van der Waals surface area (Å²) < 4.78 is 0. The average molecular weight is 267 g/mol. The molecule has 0 fully saturated rings. The van der Waals surface area contributed by atoms with Crippen molar-refractivity contribution >= 4 is 16.7 Å². The van der Waals surface area contributed by atoms with Gasteiger partial charge in [0.2, 0.25) is 5.91 Å². The number of carbonyl (C=O) groups is 1. The molecule has 0 spiro atoms. The van der Waals surface area contributed by atoms with Crippen LogP contribution in [0.4, 0.5) is 0 Å². The second-order valence-electron chi connectivity index (χ2n) is 5.18. The van der Waals surface area contributed by atoms with Crippen molar-refractivity contribution in [2.24, 2.45) is 0 Å². The summed E-state index contributed by atoms with van der Waals surface area (Å²) in [6, 6.07) is 14.3. The summed E-state index contributed by atoms with van der Waals surface area (Å²) in [5.41, 5.74) is 2.10. The van der Waals surface area contributed by atoms with E-state index in [1.54, 1.807) is 0 Å². The summed E-state index contributed by atoms with van der Waals surface area (Å²) in [6.45, 7) is 9.20. The lowest BCUT2D eigenvalue weighted by molar-refractivity contribution is -0.129. The Labute approximate surface area is 120 Å². The van der Waals surface area contributed by atoms with E-state index in [0.29, 0.717) is 13.0 Å². The van der Waals surface area contributed by atoms with Gasteiger partial charge in [0.15, 0.2) is 0 Å². The molecular formula is C18H21NO. The van der Waals surface area contributed by atoms with Crippen LogP contribution in [-0.4, -0.2) is 23.9 Å². The van der Waals surface area contributed by atoms with Gasteiger partial charge in [-0.2, -0.15) is 0 Å². The maximum atomic E-state index is 12.4. The Kier molecular flexibility index (Phi) is 4.57. The Morgan fingerprint density at radius 2 is 1.85 bits per heavy atom. The molecule has 0 heterocycles. The highest BCUT2D eigenvalue weighted by molar-refractivity contribution is 5.90. The molecule has 0 atom stereocenters. The number of benzene rings is 2. The first-order valence-electron chi connectivity index (χ1n) is 7.00. The molecule has 1 amide bonds. The molecule has 0 saturated heterocycles. The molecule has 2 nitrogen and oxygen atoms in total. The van der Waals surface area contributed by atoms with E-state index in [1.165, 1.54) is 5.39 Å². The first-order chi connectivity index (χ1) is 9.61. The van der Waals surface area contributed by atoms with E-state index in [4.69, 9.17) is 0 Å². The second-order valence-corrected chi connectivity index (χ2v) is 5.18. The fraction of sp³-hybridized carbons (Fsp3) is 0.278. The third-order valence-corrected chi connectivity index (χ3v) is 3.42. The largest absolute Gasteiger partial charge is 0.339 e. The fourth-order valence-corrected chi connectivity index (χ4v) is 2.42. The van der Waals surface area contributed by atoms with E-state index in [1.807, 2.05) is 43.0 Å². The number of amides is 1. The topological polar surface area (TPSA) is 20.3 Å². The Morgan fingerprint density at radius 3 is 2.55 bits per heavy atom. The molecule has 0 aromatic heterocycles. The third-order valence-electron chi connectivity index (χ3n) is 3.42. The molecule has 0 saturated carbocycles. The van der Waals surface area contributed by atoms with Gasteiger partial charge in [-0.05, 0) is 30.2 Å². The Balaban J connectivity index is 2.23. The van der Waals surface area contributed by atoms with Gasteiger partial charge in [-0.15, -0.1) is 0 Å². The fourth-order valence-electron chi connectivity index (χ4n) is 2.42. The number of likely N-dealkylation sites (N-methyl/N-ethyl adjacent to an activating group) is 1. The van der Waals surface area contributed by atoms with Crippen LogP contribution >= 0.6 is 0 Å². The number of fused-ring (bicyclic) bond motifs is 1. The minimum absolute atomic E-state index is 0.159. The normalized spacial score (nSPS) is 10.5. The number of nitrogens with zero attached hydrogens (tertiary/aromatic N) is 1. The monoisotopic (exact) mass is 267 g/mol. The molecule has 104 valence electrons. The van der Waals surface area contributed by atoms with Crippen LogP contribution in [0.1, 0.15) is 19.4 Å². The van der Waals surface area contributed by atoms with Crippen molar-refractivity contribution in [3.05, 3.63) is 60.2 Å². The summed E-state index contributed by atoms with van der Waals surface area (Å²) in [6.07, 6.45) is 0.447. The molecule has 2 aromatic rings. The zero-order chi connectivity index (χ0) is 14.5. The summed E-state index contributed by atoms with van der Waals surface area (Å²) in [5.74, 6) is 0.159. The van der Waals surface area contributed by atoms with E-state index in [0.717, 1.165) is 23.1 Å². The molecule has 0 unspecified atom stereocenters. The summed E-state index contributed by atoms with van der Waals surface area (Å²) >= 11 is 0. The lowest BCUT2D eigenvalue weighted by Crippen LogP contribution is -2.33. The lowest BCUT2D eigenvalue weighted by atomic mass is 10.0. The Bertz CT molecular complexity index is 625. The van der Waals surface area contributed by atoms with Crippen molar-refractivity contribution in [2.45, 2.75) is 20.3 Å². The van der Waals surface area contributed by atoms with Crippen molar-refractivity contribution in [3.8, 4) is 0 Å². The van der Waals surface area contributed by atoms with Crippen LogP contribution in [0.5, 0.6) is 0 Å². The van der Waals surface area contributed by atoms with E-state index >= 15 is 0 Å². The van der Waals surface area contributed by atoms with Crippen molar-refractivity contribution in [1.82, 2.24) is 4.90 Å². The zero-order valence-electron chi connectivity index (χ0n) is 12.2. The molecule has 0 aliphatic heterocycles. The highest BCUT2D eigenvalue weighted by Crippen LogP contribution is 2.19. The van der Waals surface area contributed by atoms with Gasteiger partial charge < -0.3 is 4.90 Å². The van der Waals surface area contributed by atoms with Crippen molar-refractivity contribution in [1.29, 1.82) is 0 Å². The molecule has 0 aliphatic carbocycles. The molecule has 0 N–H and O–H groups in total. The molecule has 2 heteroatoms. The van der Waals surface area contributed by atoms with Gasteiger partial charge in [-0.1, -0.05) is 54.6 Å². The van der Waals surface area contributed by atoms with E-state index < -0.39 is 0 Å². The molecule has 2 aromatic carbocycles. The smallest absolute Gasteiger partial charge is 0.227 e. The predicted molar refractivity (Wildman–Crippen MR) is 84.7 cm³/mol. The van der Waals surface area contributed by atoms with Gasteiger partial charge >= 0.3 is 0 Å². The Hall–Kier alpha value is -2.09. The van der Waals surface area contributed by atoms with Crippen LogP contribution < -0.4 is 0 Å². The van der Waals surface area contributed by atoms with Crippen LogP contribution in [0.3, 0.4) is 0 Å².